The third kappa shape index (κ3) is 1.25. The molecule has 0 spiro atoms. The second-order valence-electron chi connectivity index (χ2n) is 4.06. The minimum absolute atomic E-state index is 0.519. The highest BCUT2D eigenvalue weighted by Gasteiger charge is 2.30. The van der Waals surface area contributed by atoms with Crippen molar-refractivity contribution in [3.05, 3.63) is 34.7 Å². The smallest absolute Gasteiger partial charge is 0.0304 e. The lowest BCUT2D eigenvalue weighted by atomic mass is 9.90. The molecular formula is C12H12OS. The third-order valence-corrected chi connectivity index (χ3v) is 4.60. The van der Waals surface area contributed by atoms with Gasteiger partial charge in [0, 0.05) is 22.3 Å². The van der Waals surface area contributed by atoms with E-state index in [1.807, 2.05) is 0 Å². The maximum Gasteiger partial charge on any atom is 0.0304 e. The van der Waals surface area contributed by atoms with Gasteiger partial charge >= 0.3 is 0 Å². The maximum absolute atomic E-state index is 11.4. The summed E-state index contributed by atoms with van der Waals surface area (Å²) in [7, 11) is -0.594. The van der Waals surface area contributed by atoms with Crippen molar-refractivity contribution in [3.8, 4) is 0 Å². The normalized spacial score (nSPS) is 33.9. The van der Waals surface area contributed by atoms with E-state index in [1.54, 1.807) is 0 Å². The Balaban J connectivity index is 2.20. The van der Waals surface area contributed by atoms with Gasteiger partial charge in [-0.15, -0.1) is 0 Å². The van der Waals surface area contributed by atoms with E-state index < -0.39 is 10.8 Å². The molecule has 3 rings (SSSR count). The number of rotatable bonds is 0. The lowest BCUT2D eigenvalue weighted by Crippen LogP contribution is -2.31. The van der Waals surface area contributed by atoms with E-state index in [4.69, 9.17) is 0 Å². The summed E-state index contributed by atoms with van der Waals surface area (Å²) in [6, 6.07) is 8.41. The van der Waals surface area contributed by atoms with Crippen molar-refractivity contribution < 1.29 is 4.21 Å². The second kappa shape index (κ2) is 3.06. The van der Waals surface area contributed by atoms with Crippen molar-refractivity contribution in [1.29, 1.82) is 0 Å². The molecule has 2 aliphatic rings. The monoisotopic (exact) mass is 204 g/mol. The van der Waals surface area contributed by atoms with Crippen molar-refractivity contribution in [3.63, 3.8) is 0 Å². The Labute approximate surface area is 85.6 Å². The molecule has 1 aliphatic heterocycles. The van der Waals surface area contributed by atoms with Gasteiger partial charge in [-0.05, 0) is 22.3 Å². The summed E-state index contributed by atoms with van der Waals surface area (Å²) in [5.41, 5.74) is 0. The molecule has 1 saturated heterocycles. The fraction of sp³-hybridized carbons (Fsp3) is 0.333. The van der Waals surface area contributed by atoms with Crippen molar-refractivity contribution >= 4 is 23.0 Å². The molecule has 2 atom stereocenters. The summed E-state index contributed by atoms with van der Waals surface area (Å²) in [5.74, 6) is 2.75. The molecule has 0 bridgehead atoms. The Hall–Kier alpha value is -0.890. The number of hydrogen-bond donors (Lipinski definition) is 0. The SMILES string of the molecule is O=S1CC2C=c3ccccc3=CC2C1. The zero-order chi connectivity index (χ0) is 9.54. The van der Waals surface area contributed by atoms with E-state index in [0.717, 1.165) is 11.5 Å². The van der Waals surface area contributed by atoms with Crippen molar-refractivity contribution in [2.24, 2.45) is 11.8 Å². The van der Waals surface area contributed by atoms with Crippen LogP contribution in [-0.2, 0) is 10.8 Å². The van der Waals surface area contributed by atoms with E-state index in [2.05, 4.69) is 36.4 Å². The van der Waals surface area contributed by atoms with Gasteiger partial charge in [-0.1, -0.05) is 36.4 Å². The first-order valence-corrected chi connectivity index (χ1v) is 6.45. The largest absolute Gasteiger partial charge is 0.260 e. The van der Waals surface area contributed by atoms with E-state index >= 15 is 0 Å². The second-order valence-corrected chi connectivity index (χ2v) is 5.61. The van der Waals surface area contributed by atoms with Crippen molar-refractivity contribution in [2.45, 2.75) is 0 Å². The van der Waals surface area contributed by atoms with Gasteiger partial charge in [-0.3, -0.25) is 4.21 Å². The van der Waals surface area contributed by atoms with Gasteiger partial charge in [0.2, 0.25) is 0 Å². The van der Waals surface area contributed by atoms with Gasteiger partial charge in [0.15, 0.2) is 0 Å². The van der Waals surface area contributed by atoms with Crippen LogP contribution in [0.1, 0.15) is 0 Å². The number of hydrogen-bond acceptors (Lipinski definition) is 1. The summed E-state index contributed by atoms with van der Waals surface area (Å²) in [6.07, 6.45) is 4.59. The summed E-state index contributed by atoms with van der Waals surface area (Å²) in [6.45, 7) is 0. The molecule has 1 heterocycles. The molecular weight excluding hydrogens is 192 g/mol. The fourth-order valence-corrected chi connectivity index (χ4v) is 4.05. The van der Waals surface area contributed by atoms with Crippen LogP contribution in [0.25, 0.3) is 12.2 Å². The van der Waals surface area contributed by atoms with Gasteiger partial charge in [0.25, 0.3) is 0 Å². The molecule has 1 nitrogen and oxygen atoms in total. The van der Waals surface area contributed by atoms with Gasteiger partial charge < -0.3 is 0 Å². The molecule has 0 saturated carbocycles. The van der Waals surface area contributed by atoms with Crippen LogP contribution >= 0.6 is 0 Å². The van der Waals surface area contributed by atoms with Crippen LogP contribution in [0.5, 0.6) is 0 Å². The Bertz CT molecular complexity index is 458. The summed E-state index contributed by atoms with van der Waals surface area (Å²) in [4.78, 5) is 0. The predicted octanol–water partition coefficient (Wildman–Crippen LogP) is 0.256. The average Bonchev–Trinajstić information content (AvgIpc) is 2.53. The van der Waals surface area contributed by atoms with Crippen molar-refractivity contribution in [1.82, 2.24) is 0 Å². The van der Waals surface area contributed by atoms with E-state index in [1.165, 1.54) is 10.4 Å². The molecule has 1 aromatic rings. The maximum atomic E-state index is 11.4. The molecule has 0 aromatic heterocycles. The summed E-state index contributed by atoms with van der Waals surface area (Å²) in [5, 5.41) is 2.63. The Morgan fingerprint density at radius 3 is 2.00 bits per heavy atom. The Kier molecular flexibility index (Phi) is 1.84. The zero-order valence-corrected chi connectivity index (χ0v) is 8.67. The van der Waals surface area contributed by atoms with Gasteiger partial charge in [0.1, 0.15) is 0 Å². The quantitative estimate of drug-likeness (QED) is 0.592. The number of benzene rings is 1. The van der Waals surface area contributed by atoms with E-state index in [0.29, 0.717) is 11.8 Å². The molecule has 14 heavy (non-hydrogen) atoms. The van der Waals surface area contributed by atoms with E-state index in [9.17, 15) is 4.21 Å². The molecule has 0 amide bonds. The zero-order valence-electron chi connectivity index (χ0n) is 7.85. The molecule has 0 N–H and O–H groups in total. The highest BCUT2D eigenvalue weighted by atomic mass is 32.2. The van der Waals surface area contributed by atoms with Crippen LogP contribution < -0.4 is 10.4 Å². The Morgan fingerprint density at radius 1 is 1.00 bits per heavy atom. The summed E-state index contributed by atoms with van der Waals surface area (Å²) < 4.78 is 11.4. The van der Waals surface area contributed by atoms with Crippen LogP contribution in [0.4, 0.5) is 0 Å². The minimum atomic E-state index is -0.594. The van der Waals surface area contributed by atoms with Crippen LogP contribution in [0.15, 0.2) is 24.3 Å². The molecule has 2 heteroatoms. The summed E-state index contributed by atoms with van der Waals surface area (Å²) >= 11 is 0. The minimum Gasteiger partial charge on any atom is -0.260 e. The standard InChI is InChI=1S/C12H12OS/c13-14-7-11-5-9-3-1-2-4-10(9)6-12(11)8-14/h1-6,11-12H,7-8H2. The lowest BCUT2D eigenvalue weighted by molar-refractivity contribution is 0.654. The van der Waals surface area contributed by atoms with E-state index in [-0.39, 0.29) is 0 Å². The highest BCUT2D eigenvalue weighted by Crippen LogP contribution is 2.26. The van der Waals surface area contributed by atoms with Crippen molar-refractivity contribution in [2.75, 3.05) is 11.5 Å². The average molecular weight is 204 g/mol. The molecule has 1 aliphatic carbocycles. The van der Waals surface area contributed by atoms with Crippen LogP contribution in [0.3, 0.4) is 0 Å². The Morgan fingerprint density at radius 2 is 1.50 bits per heavy atom. The first-order chi connectivity index (χ1) is 6.83. The van der Waals surface area contributed by atoms with Gasteiger partial charge in [-0.2, -0.15) is 0 Å². The molecule has 72 valence electrons. The van der Waals surface area contributed by atoms with Crippen LogP contribution in [0.2, 0.25) is 0 Å². The first kappa shape index (κ1) is 8.42. The topological polar surface area (TPSA) is 17.1 Å². The van der Waals surface area contributed by atoms with Gasteiger partial charge in [-0.25, -0.2) is 0 Å². The van der Waals surface area contributed by atoms with Crippen LogP contribution in [-0.4, -0.2) is 15.7 Å². The number of fused-ring (bicyclic) bond motifs is 2. The molecule has 1 aromatic carbocycles. The molecule has 1 fully saturated rings. The lowest BCUT2D eigenvalue weighted by Gasteiger charge is -2.14. The first-order valence-electron chi connectivity index (χ1n) is 4.97. The molecule has 0 radical (unpaired) electrons. The fourth-order valence-electron chi connectivity index (χ4n) is 2.36. The van der Waals surface area contributed by atoms with Crippen LogP contribution in [0, 0.1) is 11.8 Å². The molecule has 2 unspecified atom stereocenters. The van der Waals surface area contributed by atoms with Gasteiger partial charge in [0.05, 0.1) is 0 Å². The predicted molar refractivity (Wildman–Crippen MR) is 59.5 cm³/mol. The third-order valence-electron chi connectivity index (χ3n) is 3.09. The highest BCUT2D eigenvalue weighted by molar-refractivity contribution is 7.85.